The third kappa shape index (κ3) is 3.90. The van der Waals surface area contributed by atoms with Crippen molar-refractivity contribution in [3.63, 3.8) is 0 Å². The molecule has 138 valence electrons. The van der Waals surface area contributed by atoms with E-state index < -0.39 is 5.82 Å². The molecule has 0 unspecified atom stereocenters. The smallest absolute Gasteiger partial charge is 0.260 e. The summed E-state index contributed by atoms with van der Waals surface area (Å²) >= 11 is 3.19. The summed E-state index contributed by atoms with van der Waals surface area (Å²) in [4.78, 5) is 18.7. The van der Waals surface area contributed by atoms with Crippen LogP contribution < -0.4 is 4.74 Å². The number of aromatic amines is 1. The molecule has 1 aromatic carbocycles. The van der Waals surface area contributed by atoms with E-state index in [0.29, 0.717) is 29.4 Å². The molecular weight excluding hydrogens is 403 g/mol. The molecule has 2 heterocycles. The van der Waals surface area contributed by atoms with E-state index in [2.05, 4.69) is 31.1 Å². The number of benzene rings is 1. The van der Waals surface area contributed by atoms with Gasteiger partial charge in [-0.05, 0) is 43.9 Å². The Labute approximate surface area is 159 Å². The van der Waals surface area contributed by atoms with Crippen LogP contribution in [0.5, 0.6) is 5.75 Å². The minimum Gasteiger partial charge on any atom is -0.481 e. The zero-order valence-electron chi connectivity index (χ0n) is 14.3. The highest BCUT2D eigenvalue weighted by atomic mass is 79.9. The zero-order chi connectivity index (χ0) is 18.1. The number of carbonyl (C=O) groups excluding carboxylic acids is 1. The number of likely N-dealkylation sites (tertiary alicyclic amines) is 1. The van der Waals surface area contributed by atoms with Crippen molar-refractivity contribution < 1.29 is 13.9 Å². The largest absolute Gasteiger partial charge is 0.481 e. The van der Waals surface area contributed by atoms with E-state index in [0.717, 1.165) is 24.5 Å². The first-order chi connectivity index (χ1) is 12.6. The van der Waals surface area contributed by atoms with Gasteiger partial charge in [0.25, 0.3) is 5.91 Å². The Balaban J connectivity index is 1.27. The maximum atomic E-state index is 13.7. The summed E-state index contributed by atoms with van der Waals surface area (Å²) in [6.45, 7) is 1.14. The molecule has 1 aliphatic heterocycles. The van der Waals surface area contributed by atoms with Gasteiger partial charge in [0.15, 0.2) is 24.0 Å². The first kappa shape index (κ1) is 17.5. The SMILES string of the molecule is O=C(COc1ccc(Br)cc1F)N1CCC(c2nc(C3CC3)n[nH]2)CC1. The van der Waals surface area contributed by atoms with E-state index in [4.69, 9.17) is 4.74 Å². The topological polar surface area (TPSA) is 71.1 Å². The molecule has 0 radical (unpaired) electrons. The van der Waals surface area contributed by atoms with Crippen molar-refractivity contribution in [3.05, 3.63) is 40.1 Å². The van der Waals surface area contributed by atoms with Gasteiger partial charge >= 0.3 is 0 Å². The van der Waals surface area contributed by atoms with Gasteiger partial charge in [-0.15, -0.1) is 0 Å². The average molecular weight is 423 g/mol. The number of piperidine rings is 1. The zero-order valence-corrected chi connectivity index (χ0v) is 15.8. The number of H-pyrrole nitrogens is 1. The first-order valence-corrected chi connectivity index (χ1v) is 9.67. The minimum atomic E-state index is -0.484. The van der Waals surface area contributed by atoms with Crippen LogP contribution in [0.1, 0.15) is 49.2 Å². The highest BCUT2D eigenvalue weighted by Crippen LogP contribution is 2.38. The summed E-state index contributed by atoms with van der Waals surface area (Å²) in [5.74, 6) is 2.20. The average Bonchev–Trinajstić information content (AvgIpc) is 3.38. The molecule has 1 aliphatic carbocycles. The van der Waals surface area contributed by atoms with Crippen molar-refractivity contribution in [2.75, 3.05) is 19.7 Å². The van der Waals surface area contributed by atoms with E-state index >= 15 is 0 Å². The van der Waals surface area contributed by atoms with Crippen LogP contribution in [-0.4, -0.2) is 45.7 Å². The third-order valence-corrected chi connectivity index (χ3v) is 5.44. The lowest BCUT2D eigenvalue weighted by Gasteiger charge is -2.30. The molecule has 4 rings (SSSR count). The number of hydrogen-bond donors (Lipinski definition) is 1. The molecule has 1 saturated carbocycles. The van der Waals surface area contributed by atoms with Crippen LogP contribution in [0, 0.1) is 5.82 Å². The van der Waals surface area contributed by atoms with Gasteiger partial charge in [-0.3, -0.25) is 9.89 Å². The fourth-order valence-electron chi connectivity index (χ4n) is 3.22. The molecule has 6 nitrogen and oxygen atoms in total. The summed E-state index contributed by atoms with van der Waals surface area (Å²) in [6.07, 6.45) is 4.06. The maximum Gasteiger partial charge on any atom is 0.260 e. The fourth-order valence-corrected chi connectivity index (χ4v) is 3.55. The Morgan fingerprint density at radius 3 is 2.73 bits per heavy atom. The maximum absolute atomic E-state index is 13.7. The van der Waals surface area contributed by atoms with Gasteiger partial charge in [-0.25, -0.2) is 9.37 Å². The number of nitrogens with zero attached hydrogens (tertiary/aromatic N) is 3. The number of ether oxygens (including phenoxy) is 1. The van der Waals surface area contributed by atoms with Gasteiger partial charge in [0.1, 0.15) is 5.82 Å². The molecule has 2 fully saturated rings. The molecule has 1 N–H and O–H groups in total. The molecule has 0 atom stereocenters. The molecule has 1 aromatic heterocycles. The second kappa shape index (κ2) is 7.34. The number of carbonyl (C=O) groups is 1. The van der Waals surface area contributed by atoms with Crippen molar-refractivity contribution in [2.45, 2.75) is 37.5 Å². The Morgan fingerprint density at radius 2 is 2.04 bits per heavy atom. The molecule has 2 aromatic rings. The van der Waals surface area contributed by atoms with Crippen LogP contribution in [0.4, 0.5) is 4.39 Å². The second-order valence-electron chi connectivity index (χ2n) is 6.87. The van der Waals surface area contributed by atoms with Gasteiger partial charge in [0, 0.05) is 29.4 Å². The molecule has 1 saturated heterocycles. The predicted molar refractivity (Wildman–Crippen MR) is 96.5 cm³/mol. The Hall–Kier alpha value is -1.96. The fraction of sp³-hybridized carbons (Fsp3) is 0.500. The lowest BCUT2D eigenvalue weighted by Crippen LogP contribution is -2.40. The number of rotatable bonds is 5. The Bertz CT molecular complexity index is 800. The van der Waals surface area contributed by atoms with E-state index in [1.807, 2.05) is 0 Å². The number of amides is 1. The van der Waals surface area contributed by atoms with E-state index in [9.17, 15) is 9.18 Å². The van der Waals surface area contributed by atoms with E-state index in [1.165, 1.54) is 25.0 Å². The summed E-state index contributed by atoms with van der Waals surface area (Å²) in [6, 6.07) is 4.51. The minimum absolute atomic E-state index is 0.0886. The van der Waals surface area contributed by atoms with Crippen LogP contribution in [0.3, 0.4) is 0 Å². The van der Waals surface area contributed by atoms with Crippen LogP contribution in [0.2, 0.25) is 0 Å². The van der Waals surface area contributed by atoms with Gasteiger partial charge in [-0.2, -0.15) is 5.10 Å². The normalized spacial score (nSPS) is 18.2. The summed E-state index contributed by atoms with van der Waals surface area (Å²) < 4.78 is 19.7. The Morgan fingerprint density at radius 1 is 1.27 bits per heavy atom. The monoisotopic (exact) mass is 422 g/mol. The quantitative estimate of drug-likeness (QED) is 0.801. The lowest BCUT2D eigenvalue weighted by molar-refractivity contribution is -0.134. The molecule has 0 bridgehead atoms. The Kier molecular flexibility index (Phi) is 4.93. The standard InChI is InChI=1S/C18H20BrFN4O2/c19-13-3-4-15(14(20)9-13)26-10-16(25)24-7-5-12(6-8-24)18-21-17(22-23-18)11-1-2-11/h3-4,9,11-12H,1-2,5-8,10H2,(H,21,22,23). The number of nitrogens with one attached hydrogen (secondary N) is 1. The molecule has 2 aliphatic rings. The van der Waals surface area contributed by atoms with Gasteiger partial charge in [-0.1, -0.05) is 15.9 Å². The number of halogens is 2. The van der Waals surface area contributed by atoms with Crippen molar-refractivity contribution >= 4 is 21.8 Å². The van der Waals surface area contributed by atoms with Crippen molar-refractivity contribution in [1.29, 1.82) is 0 Å². The van der Waals surface area contributed by atoms with Crippen LogP contribution >= 0.6 is 15.9 Å². The highest BCUT2D eigenvalue weighted by molar-refractivity contribution is 9.10. The van der Waals surface area contributed by atoms with Gasteiger partial charge < -0.3 is 9.64 Å². The first-order valence-electron chi connectivity index (χ1n) is 8.88. The highest BCUT2D eigenvalue weighted by Gasteiger charge is 2.30. The third-order valence-electron chi connectivity index (χ3n) is 4.94. The molecule has 0 spiro atoms. The summed E-state index contributed by atoms with van der Waals surface area (Å²) in [7, 11) is 0. The molecular formula is C18H20BrFN4O2. The van der Waals surface area contributed by atoms with Crippen molar-refractivity contribution in [1.82, 2.24) is 20.1 Å². The predicted octanol–water partition coefficient (Wildman–Crippen LogP) is 3.37. The summed E-state index contributed by atoms with van der Waals surface area (Å²) in [5.41, 5.74) is 0. The number of hydrogen-bond acceptors (Lipinski definition) is 4. The van der Waals surface area contributed by atoms with Crippen molar-refractivity contribution in [2.24, 2.45) is 0 Å². The second-order valence-corrected chi connectivity index (χ2v) is 7.79. The molecule has 8 heteroatoms. The van der Waals surface area contributed by atoms with Crippen LogP contribution in [-0.2, 0) is 4.79 Å². The van der Waals surface area contributed by atoms with E-state index in [-0.39, 0.29) is 18.3 Å². The van der Waals surface area contributed by atoms with E-state index in [1.54, 1.807) is 11.0 Å². The molecule has 26 heavy (non-hydrogen) atoms. The summed E-state index contributed by atoms with van der Waals surface area (Å²) in [5, 5.41) is 7.37. The van der Waals surface area contributed by atoms with Gasteiger partial charge in [0.2, 0.25) is 0 Å². The van der Waals surface area contributed by atoms with Crippen LogP contribution in [0.25, 0.3) is 0 Å². The number of aromatic nitrogens is 3. The van der Waals surface area contributed by atoms with Crippen LogP contribution in [0.15, 0.2) is 22.7 Å². The van der Waals surface area contributed by atoms with Gasteiger partial charge in [0.05, 0.1) is 0 Å². The molecule has 1 amide bonds. The van der Waals surface area contributed by atoms with Crippen molar-refractivity contribution in [3.8, 4) is 5.75 Å². The lowest BCUT2D eigenvalue weighted by atomic mass is 9.96.